The van der Waals surface area contributed by atoms with Gasteiger partial charge in [0.05, 0.1) is 0 Å². The van der Waals surface area contributed by atoms with Crippen molar-refractivity contribution in [3.8, 4) is 0 Å². The molecule has 0 radical (unpaired) electrons. The van der Waals surface area contributed by atoms with Gasteiger partial charge in [0.15, 0.2) is 0 Å². The molecular formula is C4H6F3NO2S. The highest BCUT2D eigenvalue weighted by atomic mass is 32.2. The molecule has 0 aliphatic rings. The van der Waals surface area contributed by atoms with Crippen molar-refractivity contribution >= 4 is 15.7 Å². The predicted octanol–water partition coefficient (Wildman–Crippen LogP) is 1.32. The quantitative estimate of drug-likeness (QED) is 0.584. The summed E-state index contributed by atoms with van der Waals surface area (Å²) in [6.45, 7) is 2.34. The van der Waals surface area contributed by atoms with Gasteiger partial charge in [-0.05, 0) is 13.8 Å². The smallest absolute Gasteiger partial charge is 0.195 e. The summed E-state index contributed by atoms with van der Waals surface area (Å²) in [6, 6.07) is 0. The third kappa shape index (κ3) is 2.87. The number of hydrogen-bond acceptors (Lipinski definition) is 2. The minimum absolute atomic E-state index is 0.151. The van der Waals surface area contributed by atoms with E-state index in [1.165, 1.54) is 13.8 Å². The van der Waals surface area contributed by atoms with Crippen LogP contribution in [0.4, 0.5) is 13.2 Å². The minimum atomic E-state index is -5.31. The van der Waals surface area contributed by atoms with Crippen molar-refractivity contribution in [2.24, 2.45) is 4.40 Å². The second-order valence-electron chi connectivity index (χ2n) is 1.96. The average molecular weight is 189 g/mol. The standard InChI is InChI=1S/C4H6F3NO2S/c1-3(2)8-11(9,10)4(5,6)7/h1-2H3. The van der Waals surface area contributed by atoms with Crippen LogP contribution in [0.15, 0.2) is 4.40 Å². The first kappa shape index (κ1) is 10.4. The molecule has 0 saturated heterocycles. The molecule has 7 heteroatoms. The number of hydrogen-bond donors (Lipinski definition) is 0. The lowest BCUT2D eigenvalue weighted by Gasteiger charge is -2.01. The van der Waals surface area contributed by atoms with Gasteiger partial charge in [-0.3, -0.25) is 0 Å². The van der Waals surface area contributed by atoms with Crippen molar-refractivity contribution < 1.29 is 21.6 Å². The summed E-state index contributed by atoms with van der Waals surface area (Å²) >= 11 is 0. The van der Waals surface area contributed by atoms with Crippen molar-refractivity contribution in [2.45, 2.75) is 19.4 Å². The first-order valence-electron chi connectivity index (χ1n) is 2.51. The maximum atomic E-state index is 11.5. The van der Waals surface area contributed by atoms with E-state index in [9.17, 15) is 21.6 Å². The van der Waals surface area contributed by atoms with E-state index < -0.39 is 15.5 Å². The van der Waals surface area contributed by atoms with Crippen LogP contribution in [-0.4, -0.2) is 19.6 Å². The van der Waals surface area contributed by atoms with Crippen molar-refractivity contribution in [1.82, 2.24) is 0 Å². The zero-order valence-electron chi connectivity index (χ0n) is 5.81. The fraction of sp³-hybridized carbons (Fsp3) is 0.750. The average Bonchev–Trinajstić information content (AvgIpc) is 1.56. The number of rotatable bonds is 1. The lowest BCUT2D eigenvalue weighted by molar-refractivity contribution is -0.0435. The Labute approximate surface area is 62.0 Å². The van der Waals surface area contributed by atoms with Crippen molar-refractivity contribution in [3.63, 3.8) is 0 Å². The fourth-order valence-electron chi connectivity index (χ4n) is 0.292. The summed E-state index contributed by atoms with van der Waals surface area (Å²) in [7, 11) is -5.31. The van der Waals surface area contributed by atoms with E-state index >= 15 is 0 Å². The van der Waals surface area contributed by atoms with E-state index in [-0.39, 0.29) is 5.71 Å². The van der Waals surface area contributed by atoms with Crippen LogP contribution in [0.2, 0.25) is 0 Å². The Morgan fingerprint density at radius 3 is 1.73 bits per heavy atom. The summed E-state index contributed by atoms with van der Waals surface area (Å²) in [6.07, 6.45) is 0. The second kappa shape index (κ2) is 2.80. The molecule has 0 rings (SSSR count). The molecule has 0 unspecified atom stereocenters. The van der Waals surface area contributed by atoms with Crippen LogP contribution in [0.25, 0.3) is 0 Å². The molecule has 3 nitrogen and oxygen atoms in total. The summed E-state index contributed by atoms with van der Waals surface area (Å²) in [5, 5.41) is 0. The van der Waals surface area contributed by atoms with Gasteiger partial charge in [0.2, 0.25) is 0 Å². The molecule has 0 aromatic rings. The monoisotopic (exact) mass is 189 g/mol. The Kier molecular flexibility index (Phi) is 2.65. The molecule has 66 valence electrons. The Bertz CT molecular complexity index is 260. The molecule has 0 aromatic heterocycles. The Balaban J connectivity index is 4.95. The summed E-state index contributed by atoms with van der Waals surface area (Å²) in [5.41, 5.74) is -5.44. The van der Waals surface area contributed by atoms with Crippen molar-refractivity contribution in [2.75, 3.05) is 0 Å². The highest BCUT2D eigenvalue weighted by Crippen LogP contribution is 2.24. The molecule has 0 spiro atoms. The molecule has 0 aromatic carbocycles. The zero-order valence-corrected chi connectivity index (χ0v) is 6.62. The first-order valence-corrected chi connectivity index (χ1v) is 3.95. The van der Waals surface area contributed by atoms with Gasteiger partial charge in [-0.25, -0.2) is 0 Å². The van der Waals surface area contributed by atoms with Crippen molar-refractivity contribution in [1.29, 1.82) is 0 Å². The van der Waals surface area contributed by atoms with Crippen LogP contribution in [0.3, 0.4) is 0 Å². The molecule has 0 atom stereocenters. The van der Waals surface area contributed by atoms with Gasteiger partial charge in [-0.2, -0.15) is 26.0 Å². The van der Waals surface area contributed by atoms with E-state index in [2.05, 4.69) is 4.40 Å². The Morgan fingerprint density at radius 1 is 1.27 bits per heavy atom. The maximum Gasteiger partial charge on any atom is 0.518 e. The molecule has 0 bridgehead atoms. The largest absolute Gasteiger partial charge is 0.518 e. The number of alkyl halides is 3. The second-order valence-corrected chi connectivity index (χ2v) is 3.55. The van der Waals surface area contributed by atoms with Gasteiger partial charge in [0.25, 0.3) is 0 Å². The fourth-order valence-corrected chi connectivity index (χ4v) is 0.876. The molecule has 0 N–H and O–H groups in total. The van der Waals surface area contributed by atoms with E-state index in [1.54, 1.807) is 0 Å². The van der Waals surface area contributed by atoms with Gasteiger partial charge in [-0.1, -0.05) is 0 Å². The van der Waals surface area contributed by atoms with Gasteiger partial charge < -0.3 is 0 Å². The SMILES string of the molecule is CC(C)=NS(=O)(=O)C(F)(F)F. The molecule has 0 aliphatic heterocycles. The first-order chi connectivity index (χ1) is 4.67. The van der Waals surface area contributed by atoms with Crippen LogP contribution in [-0.2, 0) is 10.0 Å². The topological polar surface area (TPSA) is 46.5 Å². The normalized spacial score (nSPS) is 12.8. The van der Waals surface area contributed by atoms with Gasteiger partial charge >= 0.3 is 15.5 Å². The Hall–Kier alpha value is -0.590. The number of halogens is 3. The summed E-state index contributed by atoms with van der Waals surface area (Å²) in [5.74, 6) is 0. The van der Waals surface area contributed by atoms with E-state index in [0.717, 1.165) is 0 Å². The lowest BCUT2D eigenvalue weighted by Crippen LogP contribution is -2.21. The van der Waals surface area contributed by atoms with E-state index in [0.29, 0.717) is 0 Å². The third-order valence-electron chi connectivity index (χ3n) is 0.595. The van der Waals surface area contributed by atoms with Gasteiger partial charge in [-0.15, -0.1) is 0 Å². The summed E-state index contributed by atoms with van der Waals surface area (Å²) < 4.78 is 57.2. The summed E-state index contributed by atoms with van der Waals surface area (Å²) in [4.78, 5) is 0. The maximum absolute atomic E-state index is 11.5. The number of nitrogens with zero attached hydrogens (tertiary/aromatic N) is 1. The highest BCUT2D eigenvalue weighted by molar-refractivity contribution is 7.91. The van der Waals surface area contributed by atoms with E-state index in [4.69, 9.17) is 0 Å². The van der Waals surface area contributed by atoms with Crippen LogP contribution in [0.1, 0.15) is 13.8 Å². The predicted molar refractivity (Wildman–Crippen MR) is 33.8 cm³/mol. The molecule has 0 amide bonds. The van der Waals surface area contributed by atoms with Crippen LogP contribution in [0.5, 0.6) is 0 Å². The molecule has 0 fully saturated rings. The highest BCUT2D eigenvalue weighted by Gasteiger charge is 2.45. The Morgan fingerprint density at radius 2 is 1.64 bits per heavy atom. The van der Waals surface area contributed by atoms with Crippen LogP contribution < -0.4 is 0 Å². The van der Waals surface area contributed by atoms with E-state index in [1.807, 2.05) is 0 Å². The molecule has 0 aliphatic carbocycles. The zero-order chi connectivity index (χ0) is 9.28. The molecule has 0 saturated carbocycles. The third-order valence-corrected chi connectivity index (χ3v) is 1.79. The van der Waals surface area contributed by atoms with Crippen LogP contribution in [0, 0.1) is 0 Å². The molecule has 11 heavy (non-hydrogen) atoms. The molecular weight excluding hydrogens is 183 g/mol. The lowest BCUT2D eigenvalue weighted by atomic mass is 10.5. The van der Waals surface area contributed by atoms with Gasteiger partial charge in [0, 0.05) is 5.71 Å². The minimum Gasteiger partial charge on any atom is -0.195 e. The molecule has 0 heterocycles. The van der Waals surface area contributed by atoms with Crippen LogP contribution >= 0.6 is 0 Å². The van der Waals surface area contributed by atoms with Gasteiger partial charge in [0.1, 0.15) is 0 Å². The van der Waals surface area contributed by atoms with Crippen molar-refractivity contribution in [3.05, 3.63) is 0 Å². The number of sulfonamides is 1.